The highest BCUT2D eigenvalue weighted by Crippen LogP contribution is 2.33. The van der Waals surface area contributed by atoms with Crippen molar-refractivity contribution in [3.05, 3.63) is 70.5 Å². The second-order valence-electron chi connectivity index (χ2n) is 7.27. The normalized spacial score (nSPS) is 14.5. The molecule has 0 bridgehead atoms. The highest BCUT2D eigenvalue weighted by Gasteiger charge is 2.28. The number of hydrogen-bond donors (Lipinski definition) is 2. The summed E-state index contributed by atoms with van der Waals surface area (Å²) in [5.74, 6) is -1.40. The number of nitrogens with zero attached hydrogens (tertiary/aromatic N) is 2. The molecule has 0 radical (unpaired) electrons. The number of benzene rings is 2. The number of methoxy groups -OCH3 is 1. The van der Waals surface area contributed by atoms with E-state index in [-0.39, 0.29) is 11.6 Å². The fraction of sp³-hybridized carbons (Fsp3) is 0.273. The van der Waals surface area contributed by atoms with Gasteiger partial charge < -0.3 is 15.4 Å². The number of ether oxygens (including phenoxy) is 1. The van der Waals surface area contributed by atoms with Crippen molar-refractivity contribution in [1.82, 2.24) is 15.1 Å². The third-order valence-electron chi connectivity index (χ3n) is 5.32. The van der Waals surface area contributed by atoms with Crippen LogP contribution in [0.2, 0.25) is 5.02 Å². The topological polar surface area (TPSA) is 68.2 Å². The van der Waals surface area contributed by atoms with Gasteiger partial charge in [0.1, 0.15) is 17.3 Å². The van der Waals surface area contributed by atoms with Crippen LogP contribution in [0.3, 0.4) is 0 Å². The van der Waals surface area contributed by atoms with E-state index in [2.05, 4.69) is 15.7 Å². The van der Waals surface area contributed by atoms with Gasteiger partial charge in [-0.3, -0.25) is 4.79 Å². The van der Waals surface area contributed by atoms with Crippen molar-refractivity contribution in [3.8, 4) is 11.4 Å². The first-order valence-corrected chi connectivity index (χ1v) is 10.2. The van der Waals surface area contributed by atoms with E-state index in [4.69, 9.17) is 16.3 Å². The lowest BCUT2D eigenvalue weighted by Crippen LogP contribution is -2.29. The molecule has 1 aliphatic heterocycles. The van der Waals surface area contributed by atoms with Gasteiger partial charge in [-0.05, 0) is 56.3 Å². The Morgan fingerprint density at radius 1 is 1.23 bits per heavy atom. The van der Waals surface area contributed by atoms with Crippen LogP contribution in [0.4, 0.5) is 14.5 Å². The van der Waals surface area contributed by atoms with E-state index in [1.807, 2.05) is 0 Å². The predicted molar refractivity (Wildman–Crippen MR) is 114 cm³/mol. The maximum atomic E-state index is 14.5. The van der Waals surface area contributed by atoms with Gasteiger partial charge >= 0.3 is 0 Å². The number of nitrogens with one attached hydrogen (secondary N) is 2. The van der Waals surface area contributed by atoms with E-state index in [0.29, 0.717) is 27.7 Å². The molecule has 2 aromatic carbocycles. The molecule has 162 valence electrons. The number of carbonyl (C=O) groups excluding carboxylic acids is 1. The highest BCUT2D eigenvalue weighted by molar-refractivity contribution is 6.31. The van der Waals surface area contributed by atoms with Gasteiger partial charge in [-0.25, -0.2) is 13.5 Å². The molecule has 1 saturated heterocycles. The molecule has 2 N–H and O–H groups in total. The van der Waals surface area contributed by atoms with Gasteiger partial charge in [-0.2, -0.15) is 5.10 Å². The van der Waals surface area contributed by atoms with Crippen LogP contribution < -0.4 is 15.4 Å². The van der Waals surface area contributed by atoms with Gasteiger partial charge in [0.05, 0.1) is 30.3 Å². The SMILES string of the molecule is COc1ccc(Cl)cc1NC(=O)c1cnn(-c2ccc(F)cc2F)c1C1CCNCC1. The number of piperidine rings is 1. The molecule has 1 fully saturated rings. The molecular formula is C22H21ClF2N4O2. The molecule has 6 nitrogen and oxygen atoms in total. The van der Waals surface area contributed by atoms with E-state index in [9.17, 15) is 13.6 Å². The second kappa shape index (κ2) is 9.03. The van der Waals surface area contributed by atoms with Crippen LogP contribution in [0.1, 0.15) is 34.8 Å². The quantitative estimate of drug-likeness (QED) is 0.604. The zero-order valence-electron chi connectivity index (χ0n) is 16.8. The molecule has 1 aromatic heterocycles. The Morgan fingerprint density at radius 3 is 2.71 bits per heavy atom. The van der Waals surface area contributed by atoms with Crippen LogP contribution in [0, 0.1) is 11.6 Å². The Hall–Kier alpha value is -2.97. The fourth-order valence-corrected chi connectivity index (χ4v) is 4.01. The summed E-state index contributed by atoms with van der Waals surface area (Å²) in [5.41, 5.74) is 1.41. The van der Waals surface area contributed by atoms with Gasteiger partial charge in [-0.15, -0.1) is 0 Å². The summed E-state index contributed by atoms with van der Waals surface area (Å²) in [5, 5.41) is 10.8. The zero-order chi connectivity index (χ0) is 22.0. The molecule has 9 heteroatoms. The molecule has 4 rings (SSSR count). The molecule has 0 saturated carbocycles. The number of halogens is 3. The number of amides is 1. The molecule has 3 aromatic rings. The van der Waals surface area contributed by atoms with Crippen LogP contribution in [-0.2, 0) is 0 Å². The molecule has 0 aliphatic carbocycles. The number of carbonyl (C=O) groups is 1. The van der Waals surface area contributed by atoms with Crippen molar-refractivity contribution in [1.29, 1.82) is 0 Å². The Balaban J connectivity index is 1.76. The van der Waals surface area contributed by atoms with E-state index in [0.717, 1.165) is 32.0 Å². The molecule has 0 spiro atoms. The van der Waals surface area contributed by atoms with E-state index >= 15 is 0 Å². The van der Waals surface area contributed by atoms with Crippen LogP contribution in [0.5, 0.6) is 5.75 Å². The van der Waals surface area contributed by atoms with Crippen molar-refractivity contribution in [2.45, 2.75) is 18.8 Å². The van der Waals surface area contributed by atoms with Gasteiger partial charge in [0.25, 0.3) is 5.91 Å². The van der Waals surface area contributed by atoms with E-state index < -0.39 is 17.5 Å². The Labute approximate surface area is 183 Å². The summed E-state index contributed by atoms with van der Waals surface area (Å²) in [6.07, 6.45) is 2.93. The predicted octanol–water partition coefficient (Wildman–Crippen LogP) is 4.53. The minimum atomic E-state index is -0.748. The van der Waals surface area contributed by atoms with Crippen LogP contribution in [0.15, 0.2) is 42.6 Å². The summed E-state index contributed by atoms with van der Waals surface area (Å²) in [6, 6.07) is 8.20. The van der Waals surface area contributed by atoms with Gasteiger partial charge in [0.15, 0.2) is 5.82 Å². The Kier molecular flexibility index (Phi) is 6.20. The number of anilines is 1. The minimum absolute atomic E-state index is 0.0183. The summed E-state index contributed by atoms with van der Waals surface area (Å²) in [4.78, 5) is 13.2. The van der Waals surface area contributed by atoms with Gasteiger partial charge in [0.2, 0.25) is 0 Å². The lowest BCUT2D eigenvalue weighted by molar-refractivity contribution is 0.102. The van der Waals surface area contributed by atoms with Gasteiger partial charge in [-0.1, -0.05) is 11.6 Å². The first-order valence-electron chi connectivity index (χ1n) is 9.87. The van der Waals surface area contributed by atoms with Crippen molar-refractivity contribution in [2.24, 2.45) is 0 Å². The van der Waals surface area contributed by atoms with E-state index in [1.54, 1.807) is 18.2 Å². The van der Waals surface area contributed by atoms with Crippen molar-refractivity contribution < 1.29 is 18.3 Å². The molecule has 1 amide bonds. The van der Waals surface area contributed by atoms with Crippen molar-refractivity contribution in [3.63, 3.8) is 0 Å². The highest BCUT2D eigenvalue weighted by atomic mass is 35.5. The monoisotopic (exact) mass is 446 g/mol. The molecular weight excluding hydrogens is 426 g/mol. The third kappa shape index (κ3) is 4.40. The van der Waals surface area contributed by atoms with Crippen LogP contribution in [-0.4, -0.2) is 35.9 Å². The second-order valence-corrected chi connectivity index (χ2v) is 7.71. The first-order chi connectivity index (χ1) is 15.0. The zero-order valence-corrected chi connectivity index (χ0v) is 17.5. The average molecular weight is 447 g/mol. The van der Waals surface area contributed by atoms with Crippen LogP contribution >= 0.6 is 11.6 Å². The van der Waals surface area contributed by atoms with Gasteiger partial charge in [0, 0.05) is 17.0 Å². The Morgan fingerprint density at radius 2 is 2.00 bits per heavy atom. The fourth-order valence-electron chi connectivity index (χ4n) is 3.83. The molecule has 1 aliphatic rings. The lowest BCUT2D eigenvalue weighted by Gasteiger charge is -2.25. The maximum Gasteiger partial charge on any atom is 0.259 e. The summed E-state index contributed by atoms with van der Waals surface area (Å²) in [7, 11) is 1.49. The van der Waals surface area contributed by atoms with E-state index in [1.165, 1.54) is 30.1 Å². The number of rotatable bonds is 5. The lowest BCUT2D eigenvalue weighted by atomic mass is 9.91. The maximum absolute atomic E-state index is 14.5. The van der Waals surface area contributed by atoms with Crippen molar-refractivity contribution in [2.75, 3.05) is 25.5 Å². The smallest absolute Gasteiger partial charge is 0.259 e. The first kappa shape index (κ1) is 21.3. The number of aromatic nitrogens is 2. The molecule has 0 unspecified atom stereocenters. The summed E-state index contributed by atoms with van der Waals surface area (Å²) in [6.45, 7) is 1.54. The minimum Gasteiger partial charge on any atom is -0.495 e. The Bertz CT molecular complexity index is 1110. The largest absolute Gasteiger partial charge is 0.495 e. The van der Waals surface area contributed by atoms with Crippen molar-refractivity contribution >= 4 is 23.2 Å². The standard InChI is InChI=1S/C22H21ClF2N4O2/c1-31-20-5-2-14(23)10-18(20)28-22(30)16-12-27-29(19-4-3-15(24)11-17(19)25)21(16)13-6-8-26-9-7-13/h2-5,10-13,26H,6-9H2,1H3,(H,28,30). The molecule has 2 heterocycles. The molecule has 0 atom stereocenters. The summed E-state index contributed by atoms with van der Waals surface area (Å²) >= 11 is 6.07. The summed E-state index contributed by atoms with van der Waals surface area (Å²) < 4.78 is 34.7. The molecule has 31 heavy (non-hydrogen) atoms. The number of hydrogen-bond acceptors (Lipinski definition) is 4. The third-order valence-corrected chi connectivity index (χ3v) is 5.56. The van der Waals surface area contributed by atoms with Crippen LogP contribution in [0.25, 0.3) is 5.69 Å². The average Bonchev–Trinajstić information content (AvgIpc) is 3.19.